The fraction of sp³-hybridized carbons (Fsp3) is 0. The van der Waals surface area contributed by atoms with Crippen molar-refractivity contribution in [2.75, 3.05) is 5.32 Å². The van der Waals surface area contributed by atoms with Gasteiger partial charge in [0.05, 0.1) is 10.6 Å². The van der Waals surface area contributed by atoms with Gasteiger partial charge >= 0.3 is 0 Å². The molecule has 10 heteroatoms. The second-order valence-corrected chi connectivity index (χ2v) is 7.64. The van der Waals surface area contributed by atoms with E-state index in [4.69, 9.17) is 4.42 Å². The molecule has 4 aromatic rings. The fourth-order valence-corrected chi connectivity index (χ4v) is 3.50. The Balaban J connectivity index is 1.90. The van der Waals surface area contributed by atoms with Crippen molar-refractivity contribution in [1.82, 2.24) is 4.98 Å². The molecular formula is C19H11BrN4O4S. The molecule has 0 aliphatic rings. The average molecular weight is 471 g/mol. The molecule has 0 atom stereocenters. The number of rotatable bonds is 4. The van der Waals surface area contributed by atoms with Gasteiger partial charge in [-0.2, -0.15) is 0 Å². The van der Waals surface area contributed by atoms with Crippen molar-refractivity contribution in [1.29, 1.82) is 0 Å². The molecule has 8 nitrogen and oxygen atoms in total. The number of nitro benzene ring substituents is 1. The average Bonchev–Trinajstić information content (AvgIpc) is 3.20. The third kappa shape index (κ3) is 4.23. The molecule has 0 spiro atoms. The molecule has 29 heavy (non-hydrogen) atoms. The maximum atomic E-state index is 12.8. The molecule has 2 aromatic heterocycles. The number of hydrogen-bond donors (Lipinski definition) is 1. The predicted octanol–water partition coefficient (Wildman–Crippen LogP) is 5.04. The van der Waals surface area contributed by atoms with Crippen LogP contribution in [-0.2, 0) is 0 Å². The lowest BCUT2D eigenvalue weighted by atomic mass is 10.1. The highest BCUT2D eigenvalue weighted by atomic mass is 79.9. The smallest absolute Gasteiger partial charge is 0.270 e. The van der Waals surface area contributed by atoms with E-state index in [9.17, 15) is 14.9 Å². The standard InChI is InChI=1S/C19H11BrN4O4S/c20-12-2-1-3-13(10-12)22-18-15(17(25)23-19-21-6-7-29-19)9-11-8-14(24(26)27)4-5-16(11)28-18/h1-10H,(H,21,23,25). The van der Waals surface area contributed by atoms with Gasteiger partial charge in [-0.3, -0.25) is 20.2 Å². The lowest BCUT2D eigenvalue weighted by molar-refractivity contribution is -0.384. The number of thiazole rings is 1. The zero-order valence-corrected chi connectivity index (χ0v) is 16.9. The van der Waals surface area contributed by atoms with Crippen molar-refractivity contribution >= 4 is 60.6 Å². The number of hydrogen-bond acceptors (Lipinski definition) is 7. The molecule has 0 fully saturated rings. The van der Waals surface area contributed by atoms with Crippen LogP contribution in [0, 0.1) is 10.1 Å². The van der Waals surface area contributed by atoms with Gasteiger partial charge in [0.1, 0.15) is 11.1 Å². The molecule has 0 unspecified atom stereocenters. The van der Waals surface area contributed by atoms with Crippen LogP contribution in [0.25, 0.3) is 11.0 Å². The van der Waals surface area contributed by atoms with Crippen molar-refractivity contribution in [3.8, 4) is 0 Å². The summed E-state index contributed by atoms with van der Waals surface area (Å²) in [7, 11) is 0. The number of halogens is 1. The van der Waals surface area contributed by atoms with E-state index in [1.54, 1.807) is 23.7 Å². The molecule has 0 aliphatic carbocycles. The van der Waals surface area contributed by atoms with Crippen molar-refractivity contribution in [2.45, 2.75) is 0 Å². The Kier molecular flexibility index (Phi) is 5.19. The number of benzene rings is 2. The van der Waals surface area contributed by atoms with Crippen molar-refractivity contribution < 1.29 is 14.1 Å². The highest BCUT2D eigenvalue weighted by Gasteiger charge is 2.16. The van der Waals surface area contributed by atoms with Crippen LogP contribution in [0.5, 0.6) is 0 Å². The summed E-state index contributed by atoms with van der Waals surface area (Å²) >= 11 is 4.65. The number of nitrogens with one attached hydrogen (secondary N) is 1. The number of nitrogens with zero attached hydrogens (tertiary/aromatic N) is 3. The zero-order valence-electron chi connectivity index (χ0n) is 14.5. The third-order valence-corrected chi connectivity index (χ3v) is 5.06. The van der Waals surface area contributed by atoms with Crippen LogP contribution in [-0.4, -0.2) is 15.8 Å². The monoisotopic (exact) mass is 470 g/mol. The van der Waals surface area contributed by atoms with Crippen LogP contribution in [0.1, 0.15) is 10.4 Å². The number of anilines is 1. The summed E-state index contributed by atoms with van der Waals surface area (Å²) in [6.07, 6.45) is 1.57. The summed E-state index contributed by atoms with van der Waals surface area (Å²) in [5.74, 6) is -0.481. The van der Waals surface area contributed by atoms with Crippen LogP contribution >= 0.6 is 27.3 Å². The van der Waals surface area contributed by atoms with Gasteiger partial charge in [0.15, 0.2) is 5.13 Å². The lowest BCUT2D eigenvalue weighted by Gasteiger charge is -2.05. The van der Waals surface area contributed by atoms with E-state index < -0.39 is 10.8 Å². The summed E-state index contributed by atoms with van der Waals surface area (Å²) in [6.45, 7) is 0. The summed E-state index contributed by atoms with van der Waals surface area (Å²) in [4.78, 5) is 31.9. The van der Waals surface area contributed by atoms with E-state index in [-0.39, 0.29) is 16.8 Å². The lowest BCUT2D eigenvalue weighted by Crippen LogP contribution is -2.21. The van der Waals surface area contributed by atoms with E-state index in [2.05, 4.69) is 31.2 Å². The number of non-ortho nitro benzene ring substituents is 1. The summed E-state index contributed by atoms with van der Waals surface area (Å²) in [6, 6.07) is 12.9. The van der Waals surface area contributed by atoms with Crippen molar-refractivity contribution in [3.63, 3.8) is 0 Å². The number of carbonyl (C=O) groups excluding carboxylic acids is 1. The van der Waals surface area contributed by atoms with Gasteiger partial charge in [-0.05, 0) is 30.3 Å². The number of fused-ring (bicyclic) bond motifs is 1. The SMILES string of the molecule is O=C(Nc1nccs1)c1cc2cc([N+](=O)[O-])ccc2oc1=Nc1cccc(Br)c1. The first-order chi connectivity index (χ1) is 14.0. The second kappa shape index (κ2) is 7.94. The molecule has 2 heterocycles. The molecule has 0 bridgehead atoms. The summed E-state index contributed by atoms with van der Waals surface area (Å²) in [5.41, 5.74) is 1.06. The molecule has 0 saturated carbocycles. The van der Waals surface area contributed by atoms with Gasteiger partial charge in [-0.25, -0.2) is 9.98 Å². The van der Waals surface area contributed by atoms with E-state index in [1.165, 1.54) is 35.6 Å². The first kappa shape index (κ1) is 19.0. The Morgan fingerprint density at radius 3 is 2.83 bits per heavy atom. The van der Waals surface area contributed by atoms with Gasteiger partial charge < -0.3 is 4.42 Å². The fourth-order valence-electron chi connectivity index (χ4n) is 2.59. The molecule has 0 radical (unpaired) electrons. The van der Waals surface area contributed by atoms with Gasteiger partial charge in [0, 0.05) is 33.6 Å². The van der Waals surface area contributed by atoms with E-state index >= 15 is 0 Å². The van der Waals surface area contributed by atoms with E-state index in [1.807, 2.05) is 12.1 Å². The molecule has 4 rings (SSSR count). The van der Waals surface area contributed by atoms with Crippen molar-refractivity contribution in [3.05, 3.63) is 85.8 Å². The van der Waals surface area contributed by atoms with Crippen LogP contribution < -0.4 is 10.9 Å². The maximum Gasteiger partial charge on any atom is 0.270 e. The Bertz CT molecular complexity index is 1300. The van der Waals surface area contributed by atoms with Crippen molar-refractivity contribution in [2.24, 2.45) is 4.99 Å². The largest absolute Gasteiger partial charge is 0.438 e. The zero-order chi connectivity index (χ0) is 20.4. The molecule has 0 saturated heterocycles. The Labute approximate surface area is 175 Å². The molecule has 1 amide bonds. The van der Waals surface area contributed by atoms with Gasteiger partial charge in [0.2, 0.25) is 5.55 Å². The van der Waals surface area contributed by atoms with E-state index in [0.29, 0.717) is 21.8 Å². The van der Waals surface area contributed by atoms with Crippen LogP contribution in [0.4, 0.5) is 16.5 Å². The minimum atomic E-state index is -0.505. The third-order valence-electron chi connectivity index (χ3n) is 3.88. The number of carbonyl (C=O) groups is 1. The minimum Gasteiger partial charge on any atom is -0.438 e. The van der Waals surface area contributed by atoms with E-state index in [0.717, 1.165) is 4.47 Å². The quantitative estimate of drug-likeness (QED) is 0.331. The number of aromatic nitrogens is 1. The van der Waals surface area contributed by atoms with Crippen LogP contribution in [0.3, 0.4) is 0 Å². The Morgan fingerprint density at radius 1 is 1.24 bits per heavy atom. The Hall–Kier alpha value is -3.37. The molecule has 1 N–H and O–H groups in total. The highest BCUT2D eigenvalue weighted by Crippen LogP contribution is 2.22. The maximum absolute atomic E-state index is 12.8. The summed E-state index contributed by atoms with van der Waals surface area (Å²) < 4.78 is 6.65. The van der Waals surface area contributed by atoms with Crippen LogP contribution in [0.2, 0.25) is 0 Å². The van der Waals surface area contributed by atoms with Crippen LogP contribution in [0.15, 0.2) is 74.0 Å². The molecule has 144 valence electrons. The Morgan fingerprint density at radius 2 is 2.10 bits per heavy atom. The normalized spacial score (nSPS) is 11.6. The number of nitro groups is 1. The number of amides is 1. The van der Waals surface area contributed by atoms with Gasteiger partial charge in [-0.15, -0.1) is 11.3 Å². The minimum absolute atomic E-state index is 0.0820. The molecule has 2 aromatic carbocycles. The van der Waals surface area contributed by atoms with Gasteiger partial charge in [-0.1, -0.05) is 22.0 Å². The topological polar surface area (TPSA) is 111 Å². The second-order valence-electron chi connectivity index (χ2n) is 5.83. The first-order valence-corrected chi connectivity index (χ1v) is 9.90. The molecule has 0 aliphatic heterocycles. The highest BCUT2D eigenvalue weighted by molar-refractivity contribution is 9.10. The van der Waals surface area contributed by atoms with Gasteiger partial charge in [0.25, 0.3) is 11.6 Å². The summed E-state index contributed by atoms with van der Waals surface area (Å²) in [5, 5.41) is 16.3. The predicted molar refractivity (Wildman–Crippen MR) is 112 cm³/mol. The first-order valence-electron chi connectivity index (χ1n) is 8.23. The molecular weight excluding hydrogens is 460 g/mol.